The minimum absolute atomic E-state index is 0.144. The van der Waals surface area contributed by atoms with Crippen LogP contribution in [0.25, 0.3) is 11.3 Å². The first-order valence-corrected chi connectivity index (χ1v) is 9.25. The minimum atomic E-state index is -0.691. The molecule has 0 bridgehead atoms. The van der Waals surface area contributed by atoms with Crippen LogP contribution in [0.2, 0.25) is 5.02 Å². The van der Waals surface area contributed by atoms with Gasteiger partial charge in [-0.1, -0.05) is 39.7 Å². The summed E-state index contributed by atoms with van der Waals surface area (Å²) in [6.07, 6.45) is 0. The molecule has 0 radical (unpaired) electrons. The summed E-state index contributed by atoms with van der Waals surface area (Å²) in [5.41, 5.74) is 1.96. The number of rotatable bonds is 6. The van der Waals surface area contributed by atoms with Crippen molar-refractivity contribution >= 4 is 45.1 Å². The number of ether oxygens (including phenoxy) is 2. The van der Waals surface area contributed by atoms with Crippen LogP contribution in [-0.2, 0) is 9.53 Å². The van der Waals surface area contributed by atoms with Crippen LogP contribution in [0.3, 0.4) is 0 Å². The Kier molecular flexibility index (Phi) is 6.33. The fourth-order valence-corrected chi connectivity index (χ4v) is 2.80. The Balaban J connectivity index is 1.59. The fourth-order valence-electron chi connectivity index (χ4n) is 2.37. The van der Waals surface area contributed by atoms with E-state index in [2.05, 4.69) is 31.4 Å². The molecule has 0 unspecified atom stereocenters. The molecule has 1 aromatic heterocycles. The molecule has 0 aliphatic rings. The van der Waals surface area contributed by atoms with E-state index in [9.17, 15) is 9.59 Å². The van der Waals surface area contributed by atoms with Crippen molar-refractivity contribution < 1.29 is 19.1 Å². The Bertz CT molecular complexity index is 1000. The maximum absolute atomic E-state index is 12.2. The van der Waals surface area contributed by atoms with Crippen molar-refractivity contribution in [2.24, 2.45) is 0 Å². The molecule has 3 aromatic rings. The lowest BCUT2D eigenvalue weighted by Gasteiger charge is -2.10. The molecule has 2 aromatic carbocycles. The SMILES string of the molecule is COc1ccc(Cl)cc1NC(=O)COC(=O)c1cc(-c2ccc(Br)cc2)n[nH]1. The molecule has 3 rings (SSSR count). The highest BCUT2D eigenvalue weighted by Crippen LogP contribution is 2.27. The normalized spacial score (nSPS) is 10.4. The molecule has 28 heavy (non-hydrogen) atoms. The second kappa shape index (κ2) is 8.90. The maximum Gasteiger partial charge on any atom is 0.356 e. The largest absolute Gasteiger partial charge is 0.495 e. The van der Waals surface area contributed by atoms with Gasteiger partial charge in [-0.2, -0.15) is 5.10 Å². The molecule has 7 nitrogen and oxygen atoms in total. The quantitative estimate of drug-likeness (QED) is 0.531. The van der Waals surface area contributed by atoms with Crippen molar-refractivity contribution in [3.05, 3.63) is 63.7 Å². The van der Waals surface area contributed by atoms with E-state index in [1.165, 1.54) is 7.11 Å². The predicted octanol–water partition coefficient (Wildman–Crippen LogP) is 4.30. The highest BCUT2D eigenvalue weighted by atomic mass is 79.9. The van der Waals surface area contributed by atoms with Gasteiger partial charge in [0.2, 0.25) is 0 Å². The number of carbonyl (C=O) groups is 2. The van der Waals surface area contributed by atoms with Crippen LogP contribution < -0.4 is 10.1 Å². The number of methoxy groups -OCH3 is 1. The molecule has 1 amide bonds. The van der Waals surface area contributed by atoms with Crippen molar-refractivity contribution in [1.29, 1.82) is 0 Å². The zero-order chi connectivity index (χ0) is 20.1. The molecule has 2 N–H and O–H groups in total. The number of nitrogens with zero attached hydrogens (tertiary/aromatic N) is 1. The standard InChI is InChI=1S/C19H15BrClN3O4/c1-27-17-7-6-13(21)8-15(17)22-18(25)10-28-19(26)16-9-14(23-24-16)11-2-4-12(20)5-3-11/h2-9H,10H2,1H3,(H,22,25)(H,23,24). The summed E-state index contributed by atoms with van der Waals surface area (Å²) in [5, 5.41) is 9.73. The smallest absolute Gasteiger partial charge is 0.356 e. The molecule has 144 valence electrons. The number of benzene rings is 2. The zero-order valence-electron chi connectivity index (χ0n) is 14.7. The molecule has 0 spiro atoms. The van der Waals surface area contributed by atoms with Crippen LogP contribution >= 0.6 is 27.5 Å². The third-order valence-corrected chi connectivity index (χ3v) is 4.47. The average molecular weight is 465 g/mol. The van der Waals surface area contributed by atoms with Crippen molar-refractivity contribution in [2.75, 3.05) is 19.0 Å². The second-order valence-electron chi connectivity index (χ2n) is 5.64. The summed E-state index contributed by atoms with van der Waals surface area (Å²) >= 11 is 9.28. The van der Waals surface area contributed by atoms with Gasteiger partial charge < -0.3 is 14.8 Å². The molecule has 0 saturated carbocycles. The third-order valence-electron chi connectivity index (χ3n) is 3.71. The van der Waals surface area contributed by atoms with Gasteiger partial charge in [0.1, 0.15) is 11.4 Å². The van der Waals surface area contributed by atoms with Crippen molar-refractivity contribution in [2.45, 2.75) is 0 Å². The predicted molar refractivity (Wildman–Crippen MR) is 109 cm³/mol. The van der Waals surface area contributed by atoms with Crippen LogP contribution in [0.4, 0.5) is 5.69 Å². The lowest BCUT2D eigenvalue weighted by atomic mass is 10.1. The third kappa shape index (κ3) is 4.90. The summed E-state index contributed by atoms with van der Waals surface area (Å²) in [4.78, 5) is 24.2. The molecule has 0 aliphatic carbocycles. The molecule has 0 fully saturated rings. The topological polar surface area (TPSA) is 93.3 Å². The van der Waals surface area contributed by atoms with Gasteiger partial charge in [0.25, 0.3) is 5.91 Å². The summed E-state index contributed by atoms with van der Waals surface area (Å²) in [7, 11) is 1.47. The number of H-pyrrole nitrogens is 1. The first kappa shape index (κ1) is 19.9. The highest BCUT2D eigenvalue weighted by molar-refractivity contribution is 9.10. The van der Waals surface area contributed by atoms with Crippen LogP contribution in [-0.4, -0.2) is 35.8 Å². The first-order chi connectivity index (χ1) is 13.5. The number of hydrogen-bond donors (Lipinski definition) is 2. The Morgan fingerprint density at radius 2 is 1.93 bits per heavy atom. The van der Waals surface area contributed by atoms with E-state index in [1.54, 1.807) is 24.3 Å². The Morgan fingerprint density at radius 1 is 1.18 bits per heavy atom. The van der Waals surface area contributed by atoms with E-state index in [1.807, 2.05) is 24.3 Å². The number of esters is 1. The van der Waals surface area contributed by atoms with E-state index in [0.717, 1.165) is 10.0 Å². The lowest BCUT2D eigenvalue weighted by Crippen LogP contribution is -2.21. The lowest BCUT2D eigenvalue weighted by molar-refractivity contribution is -0.119. The molecule has 0 aliphatic heterocycles. The van der Waals surface area contributed by atoms with Gasteiger partial charge in [0, 0.05) is 15.1 Å². The number of anilines is 1. The van der Waals surface area contributed by atoms with E-state index < -0.39 is 18.5 Å². The zero-order valence-corrected chi connectivity index (χ0v) is 17.0. The average Bonchev–Trinajstić information content (AvgIpc) is 3.17. The molecular formula is C19H15BrClN3O4. The van der Waals surface area contributed by atoms with Crippen LogP contribution in [0.1, 0.15) is 10.5 Å². The summed E-state index contributed by atoms with van der Waals surface area (Å²) < 4.78 is 11.1. The van der Waals surface area contributed by atoms with Gasteiger partial charge in [-0.25, -0.2) is 4.79 Å². The number of nitrogens with one attached hydrogen (secondary N) is 2. The number of aromatic nitrogens is 2. The van der Waals surface area contributed by atoms with Crippen molar-refractivity contribution in [1.82, 2.24) is 10.2 Å². The second-order valence-corrected chi connectivity index (χ2v) is 6.99. The summed E-state index contributed by atoms with van der Waals surface area (Å²) in [6.45, 7) is -0.471. The monoisotopic (exact) mass is 463 g/mol. The highest BCUT2D eigenvalue weighted by Gasteiger charge is 2.15. The van der Waals surface area contributed by atoms with E-state index in [4.69, 9.17) is 21.1 Å². The maximum atomic E-state index is 12.2. The van der Waals surface area contributed by atoms with Crippen molar-refractivity contribution in [3.8, 4) is 17.0 Å². The van der Waals surface area contributed by atoms with E-state index in [0.29, 0.717) is 22.2 Å². The molecular weight excluding hydrogens is 450 g/mol. The molecule has 0 atom stereocenters. The van der Waals surface area contributed by atoms with Crippen LogP contribution in [0.15, 0.2) is 53.0 Å². The van der Waals surface area contributed by atoms with Crippen LogP contribution in [0.5, 0.6) is 5.75 Å². The molecule has 0 saturated heterocycles. The summed E-state index contributed by atoms with van der Waals surface area (Å²) in [5.74, 6) is -0.776. The Morgan fingerprint density at radius 3 is 2.64 bits per heavy atom. The van der Waals surface area contributed by atoms with E-state index in [-0.39, 0.29) is 5.69 Å². The number of halogens is 2. The molecule has 9 heteroatoms. The first-order valence-electron chi connectivity index (χ1n) is 8.08. The van der Waals surface area contributed by atoms with Gasteiger partial charge in [-0.15, -0.1) is 0 Å². The number of aromatic amines is 1. The Hall–Kier alpha value is -2.84. The number of hydrogen-bond acceptors (Lipinski definition) is 5. The van der Waals surface area contributed by atoms with Gasteiger partial charge >= 0.3 is 5.97 Å². The van der Waals surface area contributed by atoms with Crippen molar-refractivity contribution in [3.63, 3.8) is 0 Å². The van der Waals surface area contributed by atoms with Gasteiger partial charge in [-0.3, -0.25) is 9.89 Å². The Labute approximate surface area is 174 Å². The van der Waals surface area contributed by atoms with E-state index >= 15 is 0 Å². The van der Waals surface area contributed by atoms with Gasteiger partial charge in [0.15, 0.2) is 6.61 Å². The molecule has 1 heterocycles. The summed E-state index contributed by atoms with van der Waals surface area (Å²) in [6, 6.07) is 13.8. The number of carbonyl (C=O) groups excluding carboxylic acids is 2. The fraction of sp³-hybridized carbons (Fsp3) is 0.105. The van der Waals surface area contributed by atoms with Gasteiger partial charge in [-0.05, 0) is 36.4 Å². The number of amides is 1. The van der Waals surface area contributed by atoms with Gasteiger partial charge in [0.05, 0.1) is 18.5 Å². The minimum Gasteiger partial charge on any atom is -0.495 e. The van der Waals surface area contributed by atoms with Crippen LogP contribution in [0, 0.1) is 0 Å².